The van der Waals surface area contributed by atoms with E-state index in [2.05, 4.69) is 0 Å². The van der Waals surface area contributed by atoms with Crippen molar-refractivity contribution in [2.24, 2.45) is 11.8 Å². The lowest BCUT2D eigenvalue weighted by Crippen LogP contribution is -2.42. The lowest BCUT2D eigenvalue weighted by Gasteiger charge is -2.45. The highest BCUT2D eigenvalue weighted by Crippen LogP contribution is 2.55. The number of hydrogen-bond acceptors (Lipinski definition) is 2. The van der Waals surface area contributed by atoms with Crippen LogP contribution in [0.3, 0.4) is 0 Å². The predicted molar refractivity (Wildman–Crippen MR) is 60.2 cm³/mol. The van der Waals surface area contributed by atoms with Crippen LogP contribution in [0.4, 0.5) is 5.69 Å². The van der Waals surface area contributed by atoms with E-state index in [-0.39, 0.29) is 0 Å². The van der Waals surface area contributed by atoms with E-state index in [9.17, 15) is 5.11 Å². The SMILES string of the molecule is Nc1ccccc1C1(O)CC(C2CC2)C1. The number of benzene rings is 1. The number of nitrogen functional groups attached to an aromatic ring is 1. The van der Waals surface area contributed by atoms with Gasteiger partial charge in [-0.15, -0.1) is 0 Å². The molecule has 3 N–H and O–H groups in total. The first-order valence-corrected chi connectivity index (χ1v) is 5.76. The highest BCUT2D eigenvalue weighted by Gasteiger charge is 2.50. The highest BCUT2D eigenvalue weighted by atomic mass is 16.3. The molecule has 80 valence electrons. The van der Waals surface area contributed by atoms with Gasteiger partial charge in [-0.2, -0.15) is 0 Å². The van der Waals surface area contributed by atoms with Crippen LogP contribution in [0, 0.1) is 11.8 Å². The first-order valence-electron chi connectivity index (χ1n) is 5.76. The molecule has 2 nitrogen and oxygen atoms in total. The summed E-state index contributed by atoms with van der Waals surface area (Å²) in [5.41, 5.74) is 6.93. The Morgan fingerprint density at radius 3 is 2.40 bits per heavy atom. The average Bonchev–Trinajstić information content (AvgIpc) is 2.97. The zero-order valence-electron chi connectivity index (χ0n) is 8.82. The van der Waals surface area contributed by atoms with Crippen LogP contribution in [0.25, 0.3) is 0 Å². The molecular formula is C13H17NO. The molecule has 0 bridgehead atoms. The van der Waals surface area contributed by atoms with Gasteiger partial charge in [0.2, 0.25) is 0 Å². The zero-order chi connectivity index (χ0) is 10.5. The Labute approximate surface area is 90.1 Å². The number of anilines is 1. The molecule has 2 heteroatoms. The molecule has 1 aromatic rings. The molecule has 0 spiro atoms. The van der Waals surface area contributed by atoms with Crippen molar-refractivity contribution >= 4 is 5.69 Å². The summed E-state index contributed by atoms with van der Waals surface area (Å²) in [6, 6.07) is 7.70. The van der Waals surface area contributed by atoms with Crippen LogP contribution in [-0.2, 0) is 5.60 Å². The van der Waals surface area contributed by atoms with Crippen molar-refractivity contribution in [3.8, 4) is 0 Å². The number of hydrogen-bond donors (Lipinski definition) is 2. The highest BCUT2D eigenvalue weighted by molar-refractivity contribution is 5.50. The fourth-order valence-electron chi connectivity index (χ4n) is 2.85. The van der Waals surface area contributed by atoms with E-state index in [4.69, 9.17) is 5.73 Å². The summed E-state index contributed by atoms with van der Waals surface area (Å²) in [4.78, 5) is 0. The molecule has 2 aliphatic rings. The van der Waals surface area contributed by atoms with Gasteiger partial charge in [-0.05, 0) is 43.6 Å². The first kappa shape index (κ1) is 9.22. The van der Waals surface area contributed by atoms with Gasteiger partial charge in [-0.1, -0.05) is 18.2 Å². The van der Waals surface area contributed by atoms with Gasteiger partial charge < -0.3 is 10.8 Å². The van der Waals surface area contributed by atoms with E-state index >= 15 is 0 Å². The van der Waals surface area contributed by atoms with Crippen molar-refractivity contribution in [1.82, 2.24) is 0 Å². The first-order chi connectivity index (χ1) is 7.19. The average molecular weight is 203 g/mol. The lowest BCUT2D eigenvalue weighted by atomic mass is 9.65. The molecule has 0 unspecified atom stereocenters. The molecule has 2 saturated carbocycles. The van der Waals surface area contributed by atoms with Crippen LogP contribution in [0.2, 0.25) is 0 Å². The van der Waals surface area contributed by atoms with Gasteiger partial charge in [-0.3, -0.25) is 0 Å². The van der Waals surface area contributed by atoms with E-state index in [1.54, 1.807) is 0 Å². The molecule has 0 atom stereocenters. The van der Waals surface area contributed by atoms with Crippen molar-refractivity contribution in [3.05, 3.63) is 29.8 Å². The summed E-state index contributed by atoms with van der Waals surface area (Å²) in [7, 11) is 0. The van der Waals surface area contributed by atoms with Crippen LogP contribution in [-0.4, -0.2) is 5.11 Å². The Kier molecular flexibility index (Phi) is 1.84. The zero-order valence-corrected chi connectivity index (χ0v) is 8.82. The van der Waals surface area contributed by atoms with Crippen molar-refractivity contribution in [2.45, 2.75) is 31.3 Å². The molecule has 3 rings (SSSR count). The molecule has 15 heavy (non-hydrogen) atoms. The molecule has 2 fully saturated rings. The third kappa shape index (κ3) is 1.44. The van der Waals surface area contributed by atoms with E-state index in [1.807, 2.05) is 24.3 Å². The molecule has 0 saturated heterocycles. The van der Waals surface area contributed by atoms with Gasteiger partial charge in [0.05, 0.1) is 5.60 Å². The van der Waals surface area contributed by atoms with Crippen LogP contribution in [0.1, 0.15) is 31.2 Å². The largest absolute Gasteiger partial charge is 0.398 e. The molecule has 0 aliphatic heterocycles. The Balaban J connectivity index is 1.80. The lowest BCUT2D eigenvalue weighted by molar-refractivity contribution is -0.0858. The summed E-state index contributed by atoms with van der Waals surface area (Å²) >= 11 is 0. The van der Waals surface area contributed by atoms with Crippen molar-refractivity contribution < 1.29 is 5.11 Å². The second kappa shape index (κ2) is 2.99. The number of para-hydroxylation sites is 1. The monoisotopic (exact) mass is 203 g/mol. The van der Waals surface area contributed by atoms with Crippen LogP contribution in [0.5, 0.6) is 0 Å². The van der Waals surface area contributed by atoms with Gasteiger partial charge in [0.25, 0.3) is 0 Å². The second-order valence-electron chi connectivity index (χ2n) is 5.12. The van der Waals surface area contributed by atoms with Gasteiger partial charge in [0, 0.05) is 11.3 Å². The molecular weight excluding hydrogens is 186 g/mol. The van der Waals surface area contributed by atoms with Crippen molar-refractivity contribution in [2.75, 3.05) is 5.73 Å². The topological polar surface area (TPSA) is 46.2 Å². The van der Waals surface area contributed by atoms with E-state index in [0.717, 1.165) is 35.9 Å². The minimum absolute atomic E-state index is 0.626. The summed E-state index contributed by atoms with van der Waals surface area (Å²) in [6.07, 6.45) is 4.55. The summed E-state index contributed by atoms with van der Waals surface area (Å²) < 4.78 is 0. The third-order valence-electron chi connectivity index (χ3n) is 3.95. The summed E-state index contributed by atoms with van der Waals surface area (Å²) in [6.45, 7) is 0. The maximum absolute atomic E-state index is 10.4. The van der Waals surface area contributed by atoms with Crippen LogP contribution < -0.4 is 5.73 Å². The molecule has 0 radical (unpaired) electrons. The Morgan fingerprint density at radius 2 is 1.80 bits per heavy atom. The Morgan fingerprint density at radius 1 is 1.13 bits per heavy atom. The molecule has 0 amide bonds. The quantitative estimate of drug-likeness (QED) is 0.724. The molecule has 0 heterocycles. The van der Waals surface area contributed by atoms with Gasteiger partial charge in [-0.25, -0.2) is 0 Å². The van der Waals surface area contributed by atoms with Gasteiger partial charge >= 0.3 is 0 Å². The molecule has 2 aliphatic carbocycles. The normalized spacial score (nSPS) is 34.9. The standard InChI is InChI=1S/C13H17NO/c14-12-4-2-1-3-11(12)13(15)7-10(8-13)9-5-6-9/h1-4,9-10,15H,5-8,14H2. The van der Waals surface area contributed by atoms with Gasteiger partial charge in [0.15, 0.2) is 0 Å². The molecule has 1 aromatic carbocycles. The van der Waals surface area contributed by atoms with E-state index < -0.39 is 5.60 Å². The fraction of sp³-hybridized carbons (Fsp3) is 0.538. The minimum Gasteiger partial charge on any atom is -0.398 e. The maximum atomic E-state index is 10.4. The second-order valence-corrected chi connectivity index (χ2v) is 5.12. The number of rotatable bonds is 2. The van der Waals surface area contributed by atoms with Gasteiger partial charge in [0.1, 0.15) is 0 Å². The number of aliphatic hydroxyl groups is 1. The Bertz CT molecular complexity index is 378. The van der Waals surface area contributed by atoms with Crippen molar-refractivity contribution in [3.63, 3.8) is 0 Å². The minimum atomic E-state index is -0.626. The van der Waals surface area contributed by atoms with Crippen LogP contribution >= 0.6 is 0 Å². The van der Waals surface area contributed by atoms with E-state index in [0.29, 0.717) is 0 Å². The van der Waals surface area contributed by atoms with E-state index in [1.165, 1.54) is 12.8 Å². The maximum Gasteiger partial charge on any atom is 0.0921 e. The smallest absolute Gasteiger partial charge is 0.0921 e. The summed E-state index contributed by atoms with van der Waals surface area (Å²) in [5.74, 6) is 1.64. The van der Waals surface area contributed by atoms with Crippen molar-refractivity contribution in [1.29, 1.82) is 0 Å². The summed E-state index contributed by atoms with van der Waals surface area (Å²) in [5, 5.41) is 10.4. The third-order valence-corrected chi connectivity index (χ3v) is 3.95. The predicted octanol–water partition coefficient (Wildman–Crippen LogP) is 2.28. The molecule has 0 aromatic heterocycles. The Hall–Kier alpha value is -1.02. The number of nitrogens with two attached hydrogens (primary N) is 1. The van der Waals surface area contributed by atoms with Crippen LogP contribution in [0.15, 0.2) is 24.3 Å². The fourth-order valence-corrected chi connectivity index (χ4v) is 2.85.